The van der Waals surface area contributed by atoms with Gasteiger partial charge >= 0.3 is 5.97 Å². The van der Waals surface area contributed by atoms with Gasteiger partial charge in [-0.3, -0.25) is 9.36 Å². The van der Waals surface area contributed by atoms with Gasteiger partial charge in [0.25, 0.3) is 0 Å². The molecule has 3 N–H and O–H groups in total. The van der Waals surface area contributed by atoms with E-state index in [0.717, 1.165) is 11.7 Å². The Labute approximate surface area is 175 Å². The zero-order chi connectivity index (χ0) is 21.0. The summed E-state index contributed by atoms with van der Waals surface area (Å²) in [4.78, 5) is 22.1. The highest BCUT2D eigenvalue weighted by molar-refractivity contribution is 8.23. The Morgan fingerprint density at radius 1 is 1.29 bits per heavy atom. The molecule has 2 atom stereocenters. The molecule has 28 heavy (non-hydrogen) atoms. The number of amides is 1. The van der Waals surface area contributed by atoms with Crippen molar-refractivity contribution in [3.05, 3.63) is 30.3 Å². The maximum atomic E-state index is 13.1. The van der Waals surface area contributed by atoms with Crippen LogP contribution in [0.5, 0.6) is 0 Å². The second-order valence-electron chi connectivity index (χ2n) is 5.97. The van der Waals surface area contributed by atoms with Crippen molar-refractivity contribution in [2.75, 3.05) is 25.1 Å². The zero-order valence-electron chi connectivity index (χ0n) is 16.1. The van der Waals surface area contributed by atoms with Crippen molar-refractivity contribution in [2.45, 2.75) is 32.7 Å². The van der Waals surface area contributed by atoms with Gasteiger partial charge in [0.15, 0.2) is 0 Å². The lowest BCUT2D eigenvalue weighted by atomic mass is 10.3. The minimum absolute atomic E-state index is 0.147. The van der Waals surface area contributed by atoms with Crippen molar-refractivity contribution < 1.29 is 23.8 Å². The molecular formula is C18H27N2O5PS2. The molecule has 0 aliphatic carbocycles. The average molecular weight is 447 g/mol. The van der Waals surface area contributed by atoms with Gasteiger partial charge in [-0.25, -0.2) is 4.79 Å². The predicted octanol–water partition coefficient (Wildman–Crippen LogP) is 2.60. The minimum Gasteiger partial charge on any atom is -0.480 e. The molecule has 7 nitrogen and oxygen atoms in total. The Balaban J connectivity index is 2.35. The highest BCUT2D eigenvalue weighted by Crippen LogP contribution is 2.46. The average Bonchev–Trinajstić information content (AvgIpc) is 2.65. The molecule has 0 heterocycles. The zero-order valence-corrected chi connectivity index (χ0v) is 18.6. The molecule has 0 saturated heterocycles. The van der Waals surface area contributed by atoms with E-state index in [2.05, 4.69) is 10.6 Å². The molecule has 0 saturated carbocycles. The quantitative estimate of drug-likeness (QED) is 0.256. The Morgan fingerprint density at radius 3 is 2.54 bits per heavy atom. The van der Waals surface area contributed by atoms with Gasteiger partial charge in [0, 0.05) is 30.7 Å². The molecule has 0 radical (unpaired) electrons. The topological polar surface area (TPSA) is 105 Å². The summed E-state index contributed by atoms with van der Waals surface area (Å²) in [6.07, 6.45) is 1.91. The van der Waals surface area contributed by atoms with Gasteiger partial charge in [-0.05, 0) is 31.9 Å². The Hall–Kier alpha value is -1.41. The van der Waals surface area contributed by atoms with E-state index in [-0.39, 0.29) is 5.75 Å². The Morgan fingerprint density at radius 2 is 1.96 bits per heavy atom. The Kier molecular flexibility index (Phi) is 11.4. The number of thioether (sulfide) groups is 1. The second-order valence-corrected chi connectivity index (χ2v) is 10.2. The van der Waals surface area contributed by atoms with Gasteiger partial charge in [-0.15, -0.1) is 0 Å². The van der Waals surface area contributed by atoms with Crippen LogP contribution in [0.15, 0.2) is 30.3 Å². The number of carboxylic acids is 1. The first-order valence-corrected chi connectivity index (χ1v) is 12.2. The summed E-state index contributed by atoms with van der Waals surface area (Å²) in [6, 6.07) is 8.25. The third kappa shape index (κ3) is 9.19. The fourth-order valence-corrected chi connectivity index (χ4v) is 5.67. The van der Waals surface area contributed by atoms with Crippen molar-refractivity contribution in [3.63, 3.8) is 0 Å². The smallest absolute Gasteiger partial charge is 0.327 e. The number of carbonyl (C=O) groups excluding carboxylic acids is 1. The maximum absolute atomic E-state index is 13.1. The van der Waals surface area contributed by atoms with Gasteiger partial charge < -0.3 is 20.3 Å². The molecule has 1 rings (SSSR count). The fraction of sp³-hybridized carbons (Fsp3) is 0.500. The third-order valence-corrected chi connectivity index (χ3v) is 7.76. The number of thiocarbonyl (C=S) groups is 1. The lowest BCUT2D eigenvalue weighted by Gasteiger charge is -2.18. The monoisotopic (exact) mass is 446 g/mol. The molecule has 1 amide bonds. The maximum Gasteiger partial charge on any atom is 0.327 e. The van der Waals surface area contributed by atoms with Crippen molar-refractivity contribution in [2.24, 2.45) is 0 Å². The van der Waals surface area contributed by atoms with Crippen LogP contribution in [0.1, 0.15) is 26.7 Å². The summed E-state index contributed by atoms with van der Waals surface area (Å²) in [6.45, 7) is 4.08. The number of rotatable bonds is 12. The van der Waals surface area contributed by atoms with E-state index in [1.54, 1.807) is 0 Å². The molecule has 156 valence electrons. The fourth-order valence-electron chi connectivity index (χ4n) is 2.40. The van der Waals surface area contributed by atoms with Crippen LogP contribution in [-0.2, 0) is 18.7 Å². The number of hydrogen-bond donors (Lipinski definition) is 3. The number of nitrogens with one attached hydrogen (secondary N) is 2. The normalized spacial score (nSPS) is 13.9. The van der Waals surface area contributed by atoms with Crippen LogP contribution in [0.4, 0.5) is 0 Å². The molecule has 1 aromatic rings. The number of benzene rings is 1. The summed E-state index contributed by atoms with van der Waals surface area (Å²) < 4.78 is 19.1. The minimum atomic E-state index is -2.86. The van der Waals surface area contributed by atoms with E-state index < -0.39 is 25.3 Å². The van der Waals surface area contributed by atoms with Gasteiger partial charge in [-0.2, -0.15) is 0 Å². The predicted molar refractivity (Wildman–Crippen MR) is 118 cm³/mol. The molecule has 0 aromatic heterocycles. The van der Waals surface area contributed by atoms with E-state index in [0.29, 0.717) is 30.1 Å². The number of unbranched alkanes of at least 4 members (excludes halogenated alkanes) is 1. The van der Waals surface area contributed by atoms with Crippen LogP contribution in [-0.4, -0.2) is 52.4 Å². The lowest BCUT2D eigenvalue weighted by molar-refractivity contribution is -0.140. The van der Waals surface area contributed by atoms with Crippen LogP contribution in [0.2, 0.25) is 0 Å². The van der Waals surface area contributed by atoms with E-state index in [1.807, 2.05) is 37.3 Å². The largest absolute Gasteiger partial charge is 0.480 e. The summed E-state index contributed by atoms with van der Waals surface area (Å²) in [5.74, 6) is -1.35. The highest BCUT2D eigenvalue weighted by atomic mass is 32.2. The third-order valence-electron chi connectivity index (χ3n) is 3.69. The summed E-state index contributed by atoms with van der Waals surface area (Å²) in [5, 5.41) is 15.2. The van der Waals surface area contributed by atoms with Crippen molar-refractivity contribution in [1.82, 2.24) is 10.6 Å². The van der Waals surface area contributed by atoms with Crippen molar-refractivity contribution >= 4 is 52.9 Å². The molecule has 1 aromatic carbocycles. The molecule has 0 fully saturated rings. The van der Waals surface area contributed by atoms with E-state index >= 15 is 0 Å². The summed E-state index contributed by atoms with van der Waals surface area (Å²) in [7, 11) is -2.86. The number of hydrogen-bond acceptors (Lipinski definition) is 6. The van der Waals surface area contributed by atoms with Crippen molar-refractivity contribution in [1.29, 1.82) is 0 Å². The van der Waals surface area contributed by atoms with Crippen LogP contribution < -0.4 is 15.9 Å². The summed E-state index contributed by atoms with van der Waals surface area (Å²) >= 11 is 6.35. The Bertz CT molecular complexity index is 702. The van der Waals surface area contributed by atoms with Gasteiger partial charge in [0.1, 0.15) is 10.4 Å². The van der Waals surface area contributed by atoms with Gasteiger partial charge in [-0.1, -0.05) is 42.2 Å². The van der Waals surface area contributed by atoms with E-state index in [4.69, 9.17) is 21.8 Å². The van der Waals surface area contributed by atoms with E-state index in [1.165, 1.54) is 18.7 Å². The number of carbonyl (C=O) groups is 2. The lowest BCUT2D eigenvalue weighted by Crippen LogP contribution is -2.42. The molecular weight excluding hydrogens is 419 g/mol. The molecule has 0 aliphatic rings. The SMILES string of the molecule is CCOP(=O)(CCCCNC(=S)SC[C@H](NC(C)=O)C(=O)O)c1ccccc1. The number of aliphatic carboxylic acids is 1. The first kappa shape index (κ1) is 24.6. The highest BCUT2D eigenvalue weighted by Gasteiger charge is 2.24. The molecule has 0 spiro atoms. The van der Waals surface area contributed by atoms with Crippen LogP contribution >= 0.6 is 31.3 Å². The van der Waals surface area contributed by atoms with Crippen molar-refractivity contribution in [3.8, 4) is 0 Å². The first-order valence-electron chi connectivity index (χ1n) is 8.98. The standard InChI is InChI=1S/C18H27N2O5PS2/c1-3-25-26(24,15-9-5-4-6-10-15)12-8-7-11-19-18(27)28-13-16(17(22)23)20-14(2)21/h4-6,9-10,16H,3,7-8,11-13H2,1-2H3,(H,19,27)(H,20,21)(H,22,23)/t16-,26?/m0/s1. The molecule has 0 bridgehead atoms. The van der Waals surface area contributed by atoms with Gasteiger partial charge in [0.05, 0.1) is 6.61 Å². The van der Waals surface area contributed by atoms with Crippen LogP contribution in [0.25, 0.3) is 0 Å². The molecule has 10 heteroatoms. The van der Waals surface area contributed by atoms with Crippen LogP contribution in [0, 0.1) is 0 Å². The van der Waals surface area contributed by atoms with E-state index in [9.17, 15) is 14.2 Å². The number of carboxylic acid groups (broad SMARTS) is 1. The van der Waals surface area contributed by atoms with Gasteiger partial charge in [0.2, 0.25) is 13.3 Å². The van der Waals surface area contributed by atoms with Crippen LogP contribution in [0.3, 0.4) is 0 Å². The second kappa shape index (κ2) is 12.9. The first-order chi connectivity index (χ1) is 13.3. The molecule has 1 unspecified atom stereocenters. The molecule has 0 aliphatic heterocycles. The summed E-state index contributed by atoms with van der Waals surface area (Å²) in [5.41, 5.74) is 0.